The Kier molecular flexibility index (Phi) is 39.2. The molecule has 4 aliphatic heterocycles. The fourth-order valence-corrected chi connectivity index (χ4v) is 16.2. The van der Waals surface area contributed by atoms with Crippen LogP contribution in [0.3, 0.4) is 0 Å². The number of carbonyl (C=O) groups excluding carboxylic acids is 5. The van der Waals surface area contributed by atoms with E-state index in [4.69, 9.17) is 0 Å². The van der Waals surface area contributed by atoms with Gasteiger partial charge in [0.2, 0.25) is 0 Å². The third-order valence-corrected chi connectivity index (χ3v) is 22.2. The fraction of sp³-hybridized carbons (Fsp3) is 0.726. The molecule has 18 heteroatoms. The Morgan fingerprint density at radius 2 is 0.490 bits per heavy atom. The Bertz CT molecular complexity index is 2790. The van der Waals surface area contributed by atoms with Gasteiger partial charge in [0, 0.05) is 84.1 Å². The number of unbranched alkanes of at least 4 members (excludes halogenated alkanes) is 18. The normalized spacial score (nSPS) is 20.6. The minimum absolute atomic E-state index is 0.0960. The number of urea groups is 5. The highest BCUT2D eigenvalue weighted by molar-refractivity contribution is 5.78. The van der Waals surface area contributed by atoms with Gasteiger partial charge in [-0.15, -0.1) is 0 Å². The van der Waals surface area contributed by atoms with Crippen molar-refractivity contribution in [2.24, 2.45) is 0 Å². The molecule has 0 saturated heterocycles. The average molecular weight is 1410 g/mol. The van der Waals surface area contributed by atoms with Crippen LogP contribution < -0.4 is 31.9 Å². The SMILES string of the molecule is CCCCCCNC(=O)N1Cc2ccc(cc2)CN(C(=O)NCCCCCC)C2CCCCC2N(C(=O)NCCCCCC)Cc2ccc(cc2)CN(C(O)NCCCCCC)C2CCCCC2N(C(=O)NCCCCCC)Cc2ccc(cc2)CN(C(=O)NCCCCCC)C2CCCCC21. The second kappa shape index (κ2) is 48.1. The summed E-state index contributed by atoms with van der Waals surface area (Å²) in [7, 11) is 0. The van der Waals surface area contributed by atoms with Crippen LogP contribution in [0.15, 0.2) is 72.8 Å². The van der Waals surface area contributed by atoms with Gasteiger partial charge >= 0.3 is 30.2 Å². The molecule has 10 rings (SSSR count). The highest BCUT2D eigenvalue weighted by atomic mass is 16.3. The summed E-state index contributed by atoms with van der Waals surface area (Å²) in [5, 5.41) is 33.0. The standard InChI is InChI=1S/C84H140N12O6/c1-7-13-19-31-55-85-79(97)91-61-67-43-45-68(46-44-67)63-93(81(99)87-57-33-21-15-9-3)75-39-27-28-40-76(75)95(83(101)89-59-35-23-17-11-5)65-71-51-53-72(54-52-71)66-96(84(102)90-60-36-24-18-12-6)78-42-30-29-41-77(78)94(82(100)88-58-34-22-16-10-4)64-70-49-47-69(48-50-70)62-92(74-38-26-25-37-73(74)91)80(98)86-56-32-20-14-8-2/h43-54,73-79,85,97H,7-42,55-66H2,1-6H3,(H,86,98)(H,87,99)(H,88,100)(H,89,101)(H,90,102). The van der Waals surface area contributed by atoms with Crippen molar-refractivity contribution in [3.05, 3.63) is 106 Å². The van der Waals surface area contributed by atoms with Gasteiger partial charge in [-0.3, -0.25) is 10.2 Å². The molecule has 3 aromatic carbocycles. The van der Waals surface area contributed by atoms with E-state index in [1.807, 2.05) is 19.6 Å². The molecule has 7 N–H and O–H groups in total. The van der Waals surface area contributed by atoms with E-state index in [2.05, 4.69) is 156 Å². The number of rotatable bonds is 32. The zero-order chi connectivity index (χ0) is 72.5. The number of aliphatic hydroxyl groups is 1. The number of nitrogens with zero attached hydrogens (tertiary/aromatic N) is 6. The lowest BCUT2D eigenvalue weighted by Crippen LogP contribution is -2.60. The molecule has 102 heavy (non-hydrogen) atoms. The van der Waals surface area contributed by atoms with Crippen LogP contribution in [0.25, 0.3) is 0 Å². The van der Waals surface area contributed by atoms with E-state index in [1.54, 1.807) is 0 Å². The van der Waals surface area contributed by atoms with Crippen molar-refractivity contribution in [3.63, 3.8) is 0 Å². The molecule has 3 saturated carbocycles. The number of hydrogen-bond donors (Lipinski definition) is 7. The average Bonchev–Trinajstić information content (AvgIpc) is 0.800. The first-order valence-corrected chi connectivity index (χ1v) is 41.5. The Morgan fingerprint density at radius 3 is 0.716 bits per heavy atom. The van der Waals surface area contributed by atoms with Crippen LogP contribution in [0.1, 0.15) is 306 Å². The summed E-state index contributed by atoms with van der Waals surface area (Å²) in [5.41, 5.74) is 5.93. The van der Waals surface area contributed by atoms with Crippen molar-refractivity contribution in [1.29, 1.82) is 0 Å². The largest absolute Gasteiger partial charge is 0.365 e. The van der Waals surface area contributed by atoms with Crippen molar-refractivity contribution in [3.8, 4) is 0 Å². The highest BCUT2D eigenvalue weighted by Gasteiger charge is 2.42. The number of carbonyl (C=O) groups is 5. The maximum Gasteiger partial charge on any atom is 0.318 e. The Balaban J connectivity index is 1.36. The van der Waals surface area contributed by atoms with Gasteiger partial charge in [0.25, 0.3) is 0 Å². The van der Waals surface area contributed by atoms with Crippen molar-refractivity contribution >= 4 is 30.2 Å². The van der Waals surface area contributed by atoms with Gasteiger partial charge in [-0.25, -0.2) is 24.0 Å². The third-order valence-electron chi connectivity index (χ3n) is 22.2. The van der Waals surface area contributed by atoms with Crippen LogP contribution in [0.4, 0.5) is 24.0 Å². The Morgan fingerprint density at radius 1 is 0.294 bits per heavy atom. The molecular formula is C84H140N12O6. The molecule has 0 radical (unpaired) electrons. The third kappa shape index (κ3) is 27.7. The van der Waals surface area contributed by atoms with E-state index in [0.717, 1.165) is 265 Å². The van der Waals surface area contributed by atoms with Crippen LogP contribution in [-0.2, 0) is 39.3 Å². The van der Waals surface area contributed by atoms with Gasteiger partial charge < -0.3 is 56.2 Å². The highest BCUT2D eigenvalue weighted by Crippen LogP contribution is 2.35. The van der Waals surface area contributed by atoms with Gasteiger partial charge in [-0.1, -0.05) is 268 Å². The van der Waals surface area contributed by atoms with E-state index < -0.39 is 6.35 Å². The van der Waals surface area contributed by atoms with E-state index in [9.17, 15) is 5.11 Å². The molecule has 7 aliphatic rings. The first kappa shape index (κ1) is 83.2. The summed E-state index contributed by atoms with van der Waals surface area (Å²) < 4.78 is 0. The summed E-state index contributed by atoms with van der Waals surface area (Å²) in [6.07, 6.45) is 34.2. The minimum atomic E-state index is -0.976. The summed E-state index contributed by atoms with van der Waals surface area (Å²) >= 11 is 0. The lowest BCUT2D eigenvalue weighted by molar-refractivity contribution is -0.0807. The van der Waals surface area contributed by atoms with Gasteiger partial charge in [-0.2, -0.15) is 0 Å². The van der Waals surface area contributed by atoms with E-state index in [0.29, 0.717) is 78.5 Å². The smallest absolute Gasteiger partial charge is 0.318 e. The minimum Gasteiger partial charge on any atom is -0.365 e. The van der Waals surface area contributed by atoms with Gasteiger partial charge in [0.05, 0.1) is 24.2 Å². The van der Waals surface area contributed by atoms with Crippen molar-refractivity contribution < 1.29 is 29.1 Å². The molecule has 3 aliphatic carbocycles. The first-order chi connectivity index (χ1) is 49.9. The molecule has 18 nitrogen and oxygen atoms in total. The quantitative estimate of drug-likeness (QED) is 0.0237. The van der Waals surface area contributed by atoms with Gasteiger partial charge in [0.15, 0.2) is 6.35 Å². The summed E-state index contributed by atoms with van der Waals surface area (Å²) in [6.45, 7) is 19.0. The van der Waals surface area contributed by atoms with E-state index >= 15 is 24.0 Å². The van der Waals surface area contributed by atoms with Crippen LogP contribution >= 0.6 is 0 Å². The monoisotopic (exact) mass is 1410 g/mol. The van der Waals surface area contributed by atoms with E-state index in [-0.39, 0.29) is 66.4 Å². The molecular weight excluding hydrogens is 1270 g/mol. The molecule has 10 amide bonds. The molecule has 3 aromatic rings. The number of aliphatic hydroxyl groups excluding tert-OH is 1. The second-order valence-corrected chi connectivity index (χ2v) is 30.4. The van der Waals surface area contributed by atoms with Crippen LogP contribution in [0.2, 0.25) is 0 Å². The molecule has 3 fully saturated rings. The molecule has 572 valence electrons. The predicted octanol–water partition coefficient (Wildman–Crippen LogP) is 17.7. The Labute approximate surface area is 617 Å². The predicted molar refractivity (Wildman–Crippen MR) is 417 cm³/mol. The molecule has 7 unspecified atom stereocenters. The van der Waals surface area contributed by atoms with Crippen molar-refractivity contribution in [2.75, 3.05) is 39.3 Å². The van der Waals surface area contributed by atoms with Crippen molar-refractivity contribution in [1.82, 2.24) is 61.3 Å². The second-order valence-electron chi connectivity index (χ2n) is 30.4. The number of benzene rings is 3. The van der Waals surface area contributed by atoms with Gasteiger partial charge in [-0.05, 0) is 117 Å². The molecule has 0 aromatic heterocycles. The topological polar surface area (TPSA) is 197 Å². The summed E-state index contributed by atoms with van der Waals surface area (Å²) in [6, 6.07) is 23.5. The maximum atomic E-state index is 15.1. The lowest BCUT2D eigenvalue weighted by Gasteiger charge is -2.46. The van der Waals surface area contributed by atoms with Crippen molar-refractivity contribution in [2.45, 2.75) is 355 Å². The molecule has 4 heterocycles. The fourth-order valence-electron chi connectivity index (χ4n) is 16.2. The number of amides is 10. The van der Waals surface area contributed by atoms with Crippen LogP contribution in [0.5, 0.6) is 0 Å². The molecule has 6 bridgehead atoms. The van der Waals surface area contributed by atoms with Gasteiger partial charge in [0.1, 0.15) is 0 Å². The zero-order valence-electron chi connectivity index (χ0n) is 64.6. The zero-order valence-corrected chi connectivity index (χ0v) is 64.6. The van der Waals surface area contributed by atoms with Crippen LogP contribution in [-0.4, -0.2) is 147 Å². The number of fused-ring (bicyclic) bond motifs is 3. The lowest BCUT2D eigenvalue weighted by atomic mass is 9.87. The molecule has 7 atom stereocenters. The summed E-state index contributed by atoms with van der Waals surface area (Å²) in [5.74, 6) is 0. The summed E-state index contributed by atoms with van der Waals surface area (Å²) in [4.78, 5) is 88.0. The maximum absolute atomic E-state index is 15.1. The van der Waals surface area contributed by atoms with E-state index in [1.165, 1.54) is 0 Å². The first-order valence-electron chi connectivity index (χ1n) is 41.5. The number of nitrogens with one attached hydrogen (secondary N) is 6. The molecule has 0 spiro atoms. The Hall–Kier alpha value is -6.11. The number of hydrogen-bond acceptors (Lipinski definition) is 8. The van der Waals surface area contributed by atoms with Crippen LogP contribution in [0, 0.1) is 0 Å².